The van der Waals surface area contributed by atoms with Crippen LogP contribution in [0.4, 0.5) is 0 Å². The van der Waals surface area contributed by atoms with Crippen molar-refractivity contribution >= 4 is 6.29 Å². The molecule has 0 heterocycles. The first-order chi connectivity index (χ1) is 7.16. The molecule has 1 rings (SSSR count). The third-order valence-corrected chi connectivity index (χ3v) is 2.80. The van der Waals surface area contributed by atoms with Crippen molar-refractivity contribution in [1.82, 2.24) is 0 Å². The molecule has 1 aromatic rings. The van der Waals surface area contributed by atoms with Crippen LogP contribution in [0.1, 0.15) is 58.2 Å². The van der Waals surface area contributed by atoms with Crippen LogP contribution in [0.25, 0.3) is 0 Å². The molecule has 16 heavy (non-hydrogen) atoms. The van der Waals surface area contributed by atoms with E-state index in [4.69, 9.17) is 0 Å². The Bertz CT molecular complexity index is 389. The summed E-state index contributed by atoms with van der Waals surface area (Å²) in [6, 6.07) is 6.13. The molecule has 0 saturated heterocycles. The van der Waals surface area contributed by atoms with E-state index in [2.05, 4.69) is 60.0 Å². The first-order valence-electron chi connectivity index (χ1n) is 5.69. The monoisotopic (exact) mass is 217 g/mol. The molecular weight excluding hydrogens is 196 g/mol. The highest BCUT2D eigenvalue weighted by atomic mass is 16.1. The second-order valence-corrected chi connectivity index (χ2v) is 6.36. The maximum Gasteiger partial charge on any atom is 0.233 e. The van der Waals surface area contributed by atoms with Gasteiger partial charge < -0.3 is 0 Å². The standard InChI is InChI=1S/C15H21O/c1-14(2,3)12-7-8-13(15(4,5)6)11(9-12)10-16/h7-9H,1-6H3. The topological polar surface area (TPSA) is 17.1 Å². The fourth-order valence-corrected chi connectivity index (χ4v) is 1.75. The lowest BCUT2D eigenvalue weighted by Gasteiger charge is -2.24. The number of hydrogen-bond acceptors (Lipinski definition) is 1. The molecule has 0 saturated carbocycles. The second-order valence-electron chi connectivity index (χ2n) is 6.36. The third-order valence-electron chi connectivity index (χ3n) is 2.80. The Kier molecular flexibility index (Phi) is 3.27. The molecule has 0 amide bonds. The van der Waals surface area contributed by atoms with Crippen LogP contribution in [0.3, 0.4) is 0 Å². The lowest BCUT2D eigenvalue weighted by atomic mass is 9.79. The number of carbonyl (C=O) groups excluding carboxylic acids is 1. The first kappa shape index (κ1) is 13.0. The minimum absolute atomic E-state index is 0.0108. The van der Waals surface area contributed by atoms with Gasteiger partial charge in [0.05, 0.1) is 0 Å². The van der Waals surface area contributed by atoms with Crippen molar-refractivity contribution in [2.45, 2.75) is 52.4 Å². The van der Waals surface area contributed by atoms with Crippen LogP contribution in [0.2, 0.25) is 0 Å². The molecule has 1 aromatic carbocycles. The summed E-state index contributed by atoms with van der Waals surface area (Å²) in [5, 5.41) is 0. The predicted molar refractivity (Wildman–Crippen MR) is 68.6 cm³/mol. The van der Waals surface area contributed by atoms with Crippen LogP contribution in [0, 0.1) is 0 Å². The third kappa shape index (κ3) is 2.72. The number of hydrogen-bond donors (Lipinski definition) is 0. The van der Waals surface area contributed by atoms with Gasteiger partial charge in [-0.05, 0) is 28.0 Å². The molecule has 1 nitrogen and oxygen atoms in total. The predicted octanol–water partition coefficient (Wildman–Crippen LogP) is 3.74. The summed E-state index contributed by atoms with van der Waals surface area (Å²) in [5.41, 5.74) is 3.00. The van der Waals surface area contributed by atoms with Crippen LogP contribution in [-0.4, -0.2) is 6.29 Å². The molecule has 0 aliphatic carbocycles. The fraction of sp³-hybridized carbons (Fsp3) is 0.533. The highest BCUT2D eigenvalue weighted by molar-refractivity contribution is 5.79. The molecule has 0 fully saturated rings. The van der Waals surface area contributed by atoms with E-state index in [1.54, 1.807) is 0 Å². The molecule has 1 radical (unpaired) electrons. The fourth-order valence-electron chi connectivity index (χ4n) is 1.75. The summed E-state index contributed by atoms with van der Waals surface area (Å²) in [6.07, 6.45) is 2.06. The van der Waals surface area contributed by atoms with Gasteiger partial charge in [0.1, 0.15) is 0 Å². The molecule has 0 aromatic heterocycles. The van der Waals surface area contributed by atoms with E-state index in [0.29, 0.717) is 5.56 Å². The maximum atomic E-state index is 11.0. The Hall–Kier alpha value is -1.11. The van der Waals surface area contributed by atoms with Crippen molar-refractivity contribution in [2.24, 2.45) is 0 Å². The minimum atomic E-state index is -0.0108. The van der Waals surface area contributed by atoms with E-state index in [1.807, 2.05) is 6.07 Å². The normalized spacial score (nSPS) is 12.6. The molecule has 1 heteroatoms. The molecule has 0 unspecified atom stereocenters. The van der Waals surface area contributed by atoms with Crippen LogP contribution in [-0.2, 0) is 15.6 Å². The van der Waals surface area contributed by atoms with E-state index >= 15 is 0 Å². The van der Waals surface area contributed by atoms with Crippen molar-refractivity contribution in [3.8, 4) is 0 Å². The zero-order chi connectivity index (χ0) is 12.6. The van der Waals surface area contributed by atoms with Gasteiger partial charge in [0.15, 0.2) is 0 Å². The Morgan fingerprint density at radius 1 is 0.938 bits per heavy atom. The molecular formula is C15H21O. The van der Waals surface area contributed by atoms with Gasteiger partial charge in [0.25, 0.3) is 0 Å². The van der Waals surface area contributed by atoms with Gasteiger partial charge in [-0.2, -0.15) is 0 Å². The molecule has 0 aliphatic heterocycles. The first-order valence-corrected chi connectivity index (χ1v) is 5.69. The highest BCUT2D eigenvalue weighted by Gasteiger charge is 2.21. The Morgan fingerprint density at radius 2 is 1.50 bits per heavy atom. The van der Waals surface area contributed by atoms with Gasteiger partial charge >= 0.3 is 0 Å². The lowest BCUT2D eigenvalue weighted by Crippen LogP contribution is -2.17. The quantitative estimate of drug-likeness (QED) is 0.700. The van der Waals surface area contributed by atoms with E-state index in [1.165, 1.54) is 5.56 Å². The van der Waals surface area contributed by atoms with Crippen molar-refractivity contribution in [2.75, 3.05) is 0 Å². The molecule has 0 bridgehead atoms. The summed E-state index contributed by atoms with van der Waals surface area (Å²) in [4.78, 5) is 11.0. The molecule has 0 atom stereocenters. The van der Waals surface area contributed by atoms with Gasteiger partial charge in [-0.3, -0.25) is 4.79 Å². The highest BCUT2D eigenvalue weighted by Crippen LogP contribution is 2.29. The SMILES string of the molecule is CC(C)(C)c1ccc(C(C)(C)C)c([C]=O)c1. The summed E-state index contributed by atoms with van der Waals surface area (Å²) < 4.78 is 0. The molecule has 0 aliphatic rings. The van der Waals surface area contributed by atoms with Crippen LogP contribution >= 0.6 is 0 Å². The summed E-state index contributed by atoms with van der Waals surface area (Å²) in [7, 11) is 0. The Morgan fingerprint density at radius 3 is 1.88 bits per heavy atom. The van der Waals surface area contributed by atoms with Gasteiger partial charge in [-0.15, -0.1) is 0 Å². The molecule has 87 valence electrons. The summed E-state index contributed by atoms with van der Waals surface area (Å²) in [5.74, 6) is 0. The van der Waals surface area contributed by atoms with Gasteiger partial charge in [0, 0.05) is 5.56 Å². The van der Waals surface area contributed by atoms with Gasteiger partial charge in [-0.1, -0.05) is 53.7 Å². The van der Waals surface area contributed by atoms with E-state index < -0.39 is 0 Å². The van der Waals surface area contributed by atoms with Gasteiger partial charge in [0.2, 0.25) is 6.29 Å². The molecule has 0 N–H and O–H groups in total. The Balaban J connectivity index is 3.34. The second kappa shape index (κ2) is 4.04. The van der Waals surface area contributed by atoms with Crippen molar-refractivity contribution in [1.29, 1.82) is 0 Å². The average molecular weight is 217 g/mol. The molecule has 0 spiro atoms. The van der Waals surface area contributed by atoms with E-state index in [9.17, 15) is 4.79 Å². The largest absolute Gasteiger partial charge is 0.285 e. The lowest BCUT2D eigenvalue weighted by molar-refractivity contribution is 0.553. The van der Waals surface area contributed by atoms with Crippen molar-refractivity contribution in [3.63, 3.8) is 0 Å². The smallest absolute Gasteiger partial charge is 0.233 e. The van der Waals surface area contributed by atoms with Crippen molar-refractivity contribution in [3.05, 3.63) is 34.9 Å². The van der Waals surface area contributed by atoms with Crippen LogP contribution in [0.15, 0.2) is 18.2 Å². The van der Waals surface area contributed by atoms with Crippen LogP contribution in [0.5, 0.6) is 0 Å². The zero-order valence-electron chi connectivity index (χ0n) is 11.1. The van der Waals surface area contributed by atoms with Gasteiger partial charge in [-0.25, -0.2) is 0 Å². The Labute approximate surface area is 98.9 Å². The van der Waals surface area contributed by atoms with Crippen LogP contribution < -0.4 is 0 Å². The summed E-state index contributed by atoms with van der Waals surface area (Å²) >= 11 is 0. The zero-order valence-corrected chi connectivity index (χ0v) is 11.1. The average Bonchev–Trinajstić information content (AvgIpc) is 2.14. The van der Waals surface area contributed by atoms with Crippen molar-refractivity contribution < 1.29 is 4.79 Å². The summed E-state index contributed by atoms with van der Waals surface area (Å²) in [6.45, 7) is 12.8. The van der Waals surface area contributed by atoms with E-state index in [-0.39, 0.29) is 10.8 Å². The maximum absolute atomic E-state index is 11.0. The minimum Gasteiger partial charge on any atom is -0.285 e. The van der Waals surface area contributed by atoms with E-state index in [0.717, 1.165) is 5.56 Å². The number of rotatable bonds is 1. The number of benzene rings is 1.